The van der Waals surface area contributed by atoms with E-state index in [9.17, 15) is 4.79 Å². The Morgan fingerprint density at radius 2 is 1.83 bits per heavy atom. The zero-order valence-corrected chi connectivity index (χ0v) is 21.0. The van der Waals surface area contributed by atoms with Crippen molar-refractivity contribution in [1.29, 1.82) is 0 Å². The van der Waals surface area contributed by atoms with Crippen molar-refractivity contribution in [3.05, 3.63) is 65.8 Å². The lowest BCUT2D eigenvalue weighted by Gasteiger charge is -2.30. The molecular weight excluding hydrogens is 472 g/mol. The number of carbonyl (C=O) groups is 1. The predicted molar refractivity (Wildman–Crippen MR) is 145 cm³/mol. The van der Waals surface area contributed by atoms with Gasteiger partial charge < -0.3 is 15.0 Å². The minimum Gasteiger partial charge on any atom is -0.446 e. The number of nitrogens with one attached hydrogen (secondary N) is 1. The van der Waals surface area contributed by atoms with Gasteiger partial charge in [-0.3, -0.25) is 10.3 Å². The van der Waals surface area contributed by atoms with Gasteiger partial charge >= 0.3 is 6.09 Å². The molecule has 6 rings (SSSR count). The van der Waals surface area contributed by atoms with Crippen LogP contribution in [0.25, 0.3) is 33.4 Å². The lowest BCUT2D eigenvalue weighted by molar-refractivity contribution is 0.108. The normalized spacial score (nSPS) is 16.5. The van der Waals surface area contributed by atoms with Gasteiger partial charge in [0.05, 0.1) is 27.6 Å². The largest absolute Gasteiger partial charge is 0.446 e. The van der Waals surface area contributed by atoms with E-state index in [-0.39, 0.29) is 6.10 Å². The van der Waals surface area contributed by atoms with E-state index in [1.807, 2.05) is 43.3 Å². The standard InChI is InChI=1S/C29H29ClN4O2/c1-17(18-5-6-18)36-29(35)33-22-11-7-19(8-12-22)28-27(31)24-13-9-20(25-14-10-21(30)16-32-25)15-26(24)34(28)23-3-2-4-23/h7-18,23H,2-6,31H2,1H3,(H,33,35)/t17-/m1/s1. The van der Waals surface area contributed by atoms with Crippen LogP contribution in [0.2, 0.25) is 5.02 Å². The second-order valence-corrected chi connectivity index (χ2v) is 10.4. The van der Waals surface area contributed by atoms with Crippen LogP contribution in [0.3, 0.4) is 0 Å². The Morgan fingerprint density at radius 3 is 2.47 bits per heavy atom. The highest BCUT2D eigenvalue weighted by atomic mass is 35.5. The van der Waals surface area contributed by atoms with E-state index in [4.69, 9.17) is 22.1 Å². The van der Waals surface area contributed by atoms with Gasteiger partial charge in [-0.1, -0.05) is 35.9 Å². The lowest BCUT2D eigenvalue weighted by Crippen LogP contribution is -2.21. The third kappa shape index (κ3) is 4.30. The number of nitrogens with zero attached hydrogens (tertiary/aromatic N) is 2. The summed E-state index contributed by atoms with van der Waals surface area (Å²) in [5.41, 5.74) is 13.3. The number of carbonyl (C=O) groups excluding carboxylic acids is 1. The number of amides is 1. The first-order valence-corrected chi connectivity index (χ1v) is 13.0. The van der Waals surface area contributed by atoms with Crippen molar-refractivity contribution in [2.24, 2.45) is 5.92 Å². The van der Waals surface area contributed by atoms with Gasteiger partial charge in [0.2, 0.25) is 0 Å². The van der Waals surface area contributed by atoms with Crippen molar-refractivity contribution in [2.45, 2.75) is 51.2 Å². The van der Waals surface area contributed by atoms with Crippen LogP contribution in [-0.4, -0.2) is 21.7 Å². The fourth-order valence-corrected chi connectivity index (χ4v) is 5.16. The van der Waals surface area contributed by atoms with Gasteiger partial charge in [0.25, 0.3) is 0 Å². The maximum Gasteiger partial charge on any atom is 0.411 e. The Kier molecular flexibility index (Phi) is 5.84. The zero-order chi connectivity index (χ0) is 24.8. The third-order valence-electron chi connectivity index (χ3n) is 7.49. The number of halogens is 1. The first-order valence-electron chi connectivity index (χ1n) is 12.6. The molecule has 0 aliphatic heterocycles. The Morgan fingerprint density at radius 1 is 1.08 bits per heavy atom. The van der Waals surface area contributed by atoms with Crippen molar-refractivity contribution in [1.82, 2.24) is 9.55 Å². The molecule has 36 heavy (non-hydrogen) atoms. The summed E-state index contributed by atoms with van der Waals surface area (Å²) in [5, 5.41) is 4.50. The minimum absolute atomic E-state index is 0.0461. The number of pyridine rings is 1. The van der Waals surface area contributed by atoms with Crippen LogP contribution in [0.1, 0.15) is 45.1 Å². The highest BCUT2D eigenvalue weighted by molar-refractivity contribution is 6.30. The first kappa shape index (κ1) is 22.9. The Labute approximate surface area is 215 Å². The lowest BCUT2D eigenvalue weighted by atomic mass is 9.92. The van der Waals surface area contributed by atoms with Gasteiger partial charge in [-0.2, -0.15) is 0 Å². The number of fused-ring (bicyclic) bond motifs is 1. The van der Waals surface area contributed by atoms with Crippen LogP contribution in [0.5, 0.6) is 0 Å². The van der Waals surface area contributed by atoms with Crippen LogP contribution in [-0.2, 0) is 4.74 Å². The molecular formula is C29H29ClN4O2. The van der Waals surface area contributed by atoms with Crippen LogP contribution >= 0.6 is 11.6 Å². The minimum atomic E-state index is -0.409. The highest BCUT2D eigenvalue weighted by Gasteiger charge is 2.31. The van der Waals surface area contributed by atoms with Gasteiger partial charge in [0, 0.05) is 34.4 Å². The van der Waals surface area contributed by atoms with Gasteiger partial charge in [0.1, 0.15) is 6.10 Å². The summed E-state index contributed by atoms with van der Waals surface area (Å²) in [6.07, 6.45) is 6.96. The fraction of sp³-hybridized carbons (Fsp3) is 0.310. The van der Waals surface area contributed by atoms with E-state index < -0.39 is 6.09 Å². The van der Waals surface area contributed by atoms with E-state index in [0.29, 0.717) is 22.7 Å². The molecule has 2 aliphatic carbocycles. The summed E-state index contributed by atoms with van der Waals surface area (Å²) in [4.78, 5) is 16.8. The SMILES string of the molecule is C[C@@H](OC(=O)Nc1ccc(-c2c(N)c3ccc(-c4ccc(Cl)cn4)cc3n2C2CCC2)cc1)C1CC1. The number of nitrogens with two attached hydrogens (primary N) is 1. The first-order chi connectivity index (χ1) is 17.5. The zero-order valence-electron chi connectivity index (χ0n) is 20.2. The van der Waals surface area contributed by atoms with Gasteiger partial charge in [0.15, 0.2) is 0 Å². The highest BCUT2D eigenvalue weighted by Crippen LogP contribution is 2.45. The molecule has 3 N–H and O–H groups in total. The molecule has 0 bridgehead atoms. The maximum absolute atomic E-state index is 12.3. The second kappa shape index (κ2) is 9.17. The molecule has 6 nitrogen and oxygen atoms in total. The number of hydrogen-bond acceptors (Lipinski definition) is 4. The molecule has 0 saturated heterocycles. The average molecular weight is 501 g/mol. The molecule has 2 heterocycles. The van der Waals surface area contributed by atoms with E-state index in [1.54, 1.807) is 6.20 Å². The molecule has 7 heteroatoms. The maximum atomic E-state index is 12.3. The Balaban J connectivity index is 1.34. The van der Waals surface area contributed by atoms with Crippen molar-refractivity contribution in [3.8, 4) is 22.5 Å². The van der Waals surface area contributed by atoms with Crippen LogP contribution in [0.15, 0.2) is 60.8 Å². The Hall–Kier alpha value is -3.51. The number of benzene rings is 2. The summed E-state index contributed by atoms with van der Waals surface area (Å²) < 4.78 is 7.88. The van der Waals surface area contributed by atoms with Gasteiger partial charge in [-0.25, -0.2) is 4.79 Å². The number of anilines is 2. The fourth-order valence-electron chi connectivity index (χ4n) is 5.05. The van der Waals surface area contributed by atoms with Crippen LogP contribution in [0.4, 0.5) is 16.2 Å². The topological polar surface area (TPSA) is 82.2 Å². The molecule has 2 fully saturated rings. The van der Waals surface area contributed by atoms with Crippen molar-refractivity contribution >= 4 is 40.0 Å². The number of nitrogen functional groups attached to an aromatic ring is 1. The molecule has 4 aromatic rings. The van der Waals surface area contributed by atoms with Gasteiger partial charge in [-0.05, 0) is 75.3 Å². The van der Waals surface area contributed by atoms with E-state index >= 15 is 0 Å². The summed E-state index contributed by atoms with van der Waals surface area (Å²) in [6.45, 7) is 1.96. The van der Waals surface area contributed by atoms with E-state index in [0.717, 1.165) is 64.8 Å². The van der Waals surface area contributed by atoms with Crippen molar-refractivity contribution in [3.63, 3.8) is 0 Å². The number of aromatic nitrogens is 2. The monoisotopic (exact) mass is 500 g/mol. The molecule has 0 unspecified atom stereocenters. The quantitative estimate of drug-likeness (QED) is 0.284. The summed E-state index contributed by atoms with van der Waals surface area (Å²) >= 11 is 6.04. The van der Waals surface area contributed by atoms with Crippen LogP contribution < -0.4 is 11.1 Å². The Bertz CT molecular complexity index is 1420. The molecule has 1 atom stereocenters. The summed E-state index contributed by atoms with van der Waals surface area (Å²) in [7, 11) is 0. The molecule has 2 saturated carbocycles. The predicted octanol–water partition coefficient (Wildman–Crippen LogP) is 7.68. The number of ether oxygens (including phenoxy) is 1. The van der Waals surface area contributed by atoms with Crippen molar-refractivity contribution < 1.29 is 9.53 Å². The molecule has 0 radical (unpaired) electrons. The smallest absolute Gasteiger partial charge is 0.411 e. The number of rotatable bonds is 6. The summed E-state index contributed by atoms with van der Waals surface area (Å²) in [5.74, 6) is 0.505. The van der Waals surface area contributed by atoms with Gasteiger partial charge in [-0.15, -0.1) is 0 Å². The second-order valence-electron chi connectivity index (χ2n) is 9.96. The van der Waals surface area contributed by atoms with Crippen molar-refractivity contribution in [2.75, 3.05) is 11.1 Å². The molecule has 2 aromatic heterocycles. The molecule has 2 aliphatic rings. The average Bonchev–Trinajstić information content (AvgIpc) is 3.65. The summed E-state index contributed by atoms with van der Waals surface area (Å²) in [6, 6.07) is 18.4. The molecule has 0 spiro atoms. The molecule has 2 aromatic carbocycles. The van der Waals surface area contributed by atoms with Crippen LogP contribution in [0, 0.1) is 5.92 Å². The third-order valence-corrected chi connectivity index (χ3v) is 7.71. The molecule has 184 valence electrons. The molecule has 1 amide bonds. The van der Waals surface area contributed by atoms with E-state index in [1.165, 1.54) is 6.42 Å². The van der Waals surface area contributed by atoms with E-state index in [2.05, 4.69) is 33.1 Å². The number of hydrogen-bond donors (Lipinski definition) is 2.